The van der Waals surface area contributed by atoms with E-state index in [1.54, 1.807) is 11.8 Å². The molecular formula is C18H16N4O. The lowest BCUT2D eigenvalue weighted by molar-refractivity contribution is 0.416. The number of nitriles is 1. The lowest BCUT2D eigenvalue weighted by Gasteiger charge is -2.11. The van der Waals surface area contributed by atoms with E-state index in [9.17, 15) is 5.26 Å². The summed E-state index contributed by atoms with van der Waals surface area (Å²) >= 11 is 0. The molecule has 5 nitrogen and oxygen atoms in total. The van der Waals surface area contributed by atoms with Crippen LogP contribution in [0.2, 0.25) is 0 Å². The Kier molecular flexibility index (Phi) is 4.07. The normalized spacial score (nSPS) is 10.3. The first kappa shape index (κ1) is 14.8. The summed E-state index contributed by atoms with van der Waals surface area (Å²) in [6, 6.07) is 17.7. The molecular weight excluding hydrogens is 288 g/mol. The van der Waals surface area contributed by atoms with Gasteiger partial charge in [0.2, 0.25) is 0 Å². The molecule has 0 aliphatic carbocycles. The minimum absolute atomic E-state index is 0.272. The second-order valence-corrected chi connectivity index (χ2v) is 5.03. The van der Waals surface area contributed by atoms with Gasteiger partial charge in [0, 0.05) is 5.56 Å². The molecule has 3 rings (SSSR count). The SMILES string of the molecule is CCc1ccc(-n2nnc(C#N)c2-c2ccccc2OC)cc1. The molecule has 114 valence electrons. The first-order valence-corrected chi connectivity index (χ1v) is 7.37. The molecule has 2 aromatic carbocycles. The summed E-state index contributed by atoms with van der Waals surface area (Å²) < 4.78 is 7.09. The van der Waals surface area contributed by atoms with Gasteiger partial charge >= 0.3 is 0 Å². The Labute approximate surface area is 134 Å². The number of hydrogen-bond acceptors (Lipinski definition) is 4. The Balaban J connectivity index is 2.20. The first-order chi connectivity index (χ1) is 11.3. The van der Waals surface area contributed by atoms with Crippen molar-refractivity contribution in [1.82, 2.24) is 15.0 Å². The molecule has 23 heavy (non-hydrogen) atoms. The maximum atomic E-state index is 9.38. The number of nitrogens with zero attached hydrogens (tertiary/aromatic N) is 4. The third-order valence-corrected chi connectivity index (χ3v) is 3.73. The van der Waals surface area contributed by atoms with E-state index < -0.39 is 0 Å². The Morgan fingerprint density at radius 1 is 1.13 bits per heavy atom. The largest absolute Gasteiger partial charge is 0.496 e. The first-order valence-electron chi connectivity index (χ1n) is 7.37. The van der Waals surface area contributed by atoms with Crippen molar-refractivity contribution in [3.8, 4) is 28.8 Å². The summed E-state index contributed by atoms with van der Waals surface area (Å²) in [4.78, 5) is 0. The summed E-state index contributed by atoms with van der Waals surface area (Å²) in [5.41, 5.74) is 3.80. The van der Waals surface area contributed by atoms with Gasteiger partial charge < -0.3 is 4.74 Å². The highest BCUT2D eigenvalue weighted by atomic mass is 16.5. The summed E-state index contributed by atoms with van der Waals surface area (Å²) in [7, 11) is 1.61. The van der Waals surface area contributed by atoms with Crippen LogP contribution in [0.5, 0.6) is 5.75 Å². The van der Waals surface area contributed by atoms with Gasteiger partial charge in [0.05, 0.1) is 12.8 Å². The van der Waals surface area contributed by atoms with Crippen LogP contribution in [0.4, 0.5) is 0 Å². The Morgan fingerprint density at radius 2 is 1.87 bits per heavy atom. The van der Waals surface area contributed by atoms with Gasteiger partial charge in [-0.3, -0.25) is 0 Å². The van der Waals surface area contributed by atoms with Gasteiger partial charge in [-0.15, -0.1) is 5.10 Å². The van der Waals surface area contributed by atoms with Gasteiger partial charge in [-0.2, -0.15) is 5.26 Å². The van der Waals surface area contributed by atoms with Gasteiger partial charge in [0.25, 0.3) is 0 Å². The fraction of sp³-hybridized carbons (Fsp3) is 0.167. The number of benzene rings is 2. The molecule has 5 heteroatoms. The fourth-order valence-electron chi connectivity index (χ4n) is 2.49. The zero-order chi connectivity index (χ0) is 16.2. The molecule has 0 N–H and O–H groups in total. The summed E-state index contributed by atoms with van der Waals surface area (Å²) in [6.07, 6.45) is 0.973. The van der Waals surface area contributed by atoms with Crippen molar-refractivity contribution in [3.05, 3.63) is 59.8 Å². The molecule has 0 saturated carbocycles. The van der Waals surface area contributed by atoms with Crippen molar-refractivity contribution in [2.45, 2.75) is 13.3 Å². The number of para-hydroxylation sites is 1. The molecule has 0 bridgehead atoms. The average Bonchev–Trinajstić information content (AvgIpc) is 3.05. The van der Waals surface area contributed by atoms with E-state index in [2.05, 4.69) is 35.4 Å². The fourth-order valence-corrected chi connectivity index (χ4v) is 2.49. The van der Waals surface area contributed by atoms with E-state index in [0.29, 0.717) is 11.4 Å². The van der Waals surface area contributed by atoms with Crippen LogP contribution in [-0.4, -0.2) is 22.1 Å². The number of aromatic nitrogens is 3. The van der Waals surface area contributed by atoms with Gasteiger partial charge in [-0.25, -0.2) is 4.68 Å². The monoisotopic (exact) mass is 304 g/mol. The zero-order valence-corrected chi connectivity index (χ0v) is 13.0. The number of hydrogen-bond donors (Lipinski definition) is 0. The number of ether oxygens (including phenoxy) is 1. The van der Waals surface area contributed by atoms with E-state index in [1.807, 2.05) is 36.4 Å². The molecule has 0 fully saturated rings. The predicted molar refractivity (Wildman–Crippen MR) is 87.4 cm³/mol. The van der Waals surface area contributed by atoms with E-state index in [0.717, 1.165) is 17.7 Å². The molecule has 0 spiro atoms. The Morgan fingerprint density at radius 3 is 2.52 bits per heavy atom. The zero-order valence-electron chi connectivity index (χ0n) is 13.0. The highest BCUT2D eigenvalue weighted by Crippen LogP contribution is 2.32. The van der Waals surface area contributed by atoms with Gasteiger partial charge in [-0.05, 0) is 36.2 Å². The van der Waals surface area contributed by atoms with Crippen LogP contribution >= 0.6 is 0 Å². The number of methoxy groups -OCH3 is 1. The lowest BCUT2D eigenvalue weighted by Crippen LogP contribution is -2.01. The highest BCUT2D eigenvalue weighted by molar-refractivity contribution is 5.72. The smallest absolute Gasteiger partial charge is 0.191 e. The summed E-state index contributed by atoms with van der Waals surface area (Å²) in [5, 5.41) is 17.5. The van der Waals surface area contributed by atoms with E-state index in [1.165, 1.54) is 5.56 Å². The van der Waals surface area contributed by atoms with Crippen LogP contribution in [0.1, 0.15) is 18.2 Å². The standard InChI is InChI=1S/C18H16N4O/c1-3-13-8-10-14(11-9-13)22-18(16(12-19)20-21-22)15-6-4-5-7-17(15)23-2/h4-11H,3H2,1-2H3. The van der Waals surface area contributed by atoms with Crippen molar-refractivity contribution in [3.63, 3.8) is 0 Å². The Hall–Kier alpha value is -3.13. The molecule has 0 aliphatic heterocycles. The van der Waals surface area contributed by atoms with Crippen LogP contribution in [0.25, 0.3) is 16.9 Å². The molecule has 0 amide bonds. The molecule has 1 aromatic heterocycles. The molecule has 0 unspecified atom stereocenters. The highest BCUT2D eigenvalue weighted by Gasteiger charge is 2.19. The second kappa shape index (κ2) is 6.32. The number of aryl methyl sites for hydroxylation is 1. The second-order valence-electron chi connectivity index (χ2n) is 5.03. The molecule has 0 radical (unpaired) electrons. The van der Waals surface area contributed by atoms with Gasteiger partial charge in [0.15, 0.2) is 5.69 Å². The van der Waals surface area contributed by atoms with Crippen molar-refractivity contribution in [2.75, 3.05) is 7.11 Å². The average molecular weight is 304 g/mol. The van der Waals surface area contributed by atoms with Gasteiger partial charge in [-0.1, -0.05) is 36.4 Å². The van der Waals surface area contributed by atoms with Crippen molar-refractivity contribution in [1.29, 1.82) is 5.26 Å². The van der Waals surface area contributed by atoms with Crippen LogP contribution in [0, 0.1) is 11.3 Å². The number of rotatable bonds is 4. The topological polar surface area (TPSA) is 63.7 Å². The van der Waals surface area contributed by atoms with E-state index >= 15 is 0 Å². The molecule has 0 aliphatic rings. The van der Waals surface area contributed by atoms with Crippen molar-refractivity contribution >= 4 is 0 Å². The lowest BCUT2D eigenvalue weighted by atomic mass is 10.1. The third kappa shape index (κ3) is 2.67. The quantitative estimate of drug-likeness (QED) is 0.741. The van der Waals surface area contributed by atoms with Crippen LogP contribution in [0.3, 0.4) is 0 Å². The summed E-state index contributed by atoms with van der Waals surface area (Å²) in [6.45, 7) is 2.11. The van der Waals surface area contributed by atoms with Gasteiger partial charge in [0.1, 0.15) is 17.5 Å². The van der Waals surface area contributed by atoms with Crippen LogP contribution in [-0.2, 0) is 6.42 Å². The summed E-state index contributed by atoms with van der Waals surface area (Å²) in [5.74, 6) is 0.678. The molecule has 3 aromatic rings. The molecule has 0 atom stereocenters. The predicted octanol–water partition coefficient (Wildman–Crippen LogP) is 3.38. The maximum absolute atomic E-state index is 9.38. The Bertz CT molecular complexity index is 859. The van der Waals surface area contributed by atoms with E-state index in [4.69, 9.17) is 4.74 Å². The molecule has 0 saturated heterocycles. The molecule has 1 heterocycles. The minimum atomic E-state index is 0.272. The third-order valence-electron chi connectivity index (χ3n) is 3.73. The van der Waals surface area contributed by atoms with E-state index in [-0.39, 0.29) is 5.69 Å². The van der Waals surface area contributed by atoms with Crippen LogP contribution in [0.15, 0.2) is 48.5 Å². The maximum Gasteiger partial charge on any atom is 0.191 e. The minimum Gasteiger partial charge on any atom is -0.496 e. The van der Waals surface area contributed by atoms with Crippen molar-refractivity contribution < 1.29 is 4.74 Å². The van der Waals surface area contributed by atoms with Crippen molar-refractivity contribution in [2.24, 2.45) is 0 Å². The van der Waals surface area contributed by atoms with Crippen LogP contribution < -0.4 is 4.74 Å².